The summed E-state index contributed by atoms with van der Waals surface area (Å²) in [6.07, 6.45) is 4.83. The molecule has 21 heavy (non-hydrogen) atoms. The van der Waals surface area contributed by atoms with Crippen LogP contribution in [0.1, 0.15) is 30.0 Å². The molecule has 1 amide bonds. The van der Waals surface area contributed by atoms with Crippen LogP contribution >= 0.6 is 11.3 Å². The summed E-state index contributed by atoms with van der Waals surface area (Å²) in [6, 6.07) is 0. The van der Waals surface area contributed by atoms with Crippen LogP contribution in [0.4, 0.5) is 0 Å². The molecule has 0 radical (unpaired) electrons. The molecule has 5 nitrogen and oxygen atoms in total. The third-order valence-corrected chi connectivity index (χ3v) is 4.84. The van der Waals surface area contributed by atoms with Crippen molar-refractivity contribution in [2.24, 2.45) is 5.73 Å². The number of nitrogens with zero attached hydrogens (tertiary/aromatic N) is 3. The maximum Gasteiger partial charge on any atom is 0.228 e. The molecule has 0 aromatic carbocycles. The molecular formula is C15H26N4OS. The maximum absolute atomic E-state index is 12.2. The second-order valence-corrected chi connectivity index (χ2v) is 6.64. The van der Waals surface area contributed by atoms with Gasteiger partial charge in [-0.15, -0.1) is 11.3 Å². The number of unbranched alkanes of at least 4 members (excludes halogenated alkanes) is 2. The van der Waals surface area contributed by atoms with Gasteiger partial charge in [-0.1, -0.05) is 6.42 Å². The molecule has 0 spiro atoms. The topological polar surface area (TPSA) is 62.5 Å². The van der Waals surface area contributed by atoms with Gasteiger partial charge in [0.2, 0.25) is 5.91 Å². The van der Waals surface area contributed by atoms with Crippen LogP contribution in [0.2, 0.25) is 0 Å². The van der Waals surface area contributed by atoms with Gasteiger partial charge in [0.05, 0.1) is 17.1 Å². The molecule has 118 valence electrons. The molecule has 0 unspecified atom stereocenters. The summed E-state index contributed by atoms with van der Waals surface area (Å²) in [5, 5.41) is 3.18. The van der Waals surface area contributed by atoms with Gasteiger partial charge in [-0.25, -0.2) is 4.98 Å². The van der Waals surface area contributed by atoms with Crippen molar-refractivity contribution in [2.45, 2.75) is 32.1 Å². The van der Waals surface area contributed by atoms with Gasteiger partial charge in [0, 0.05) is 31.6 Å². The Kier molecular flexibility index (Phi) is 6.60. The van der Waals surface area contributed by atoms with E-state index in [1.54, 1.807) is 11.3 Å². The molecule has 1 aliphatic rings. The predicted molar refractivity (Wildman–Crippen MR) is 86.5 cm³/mol. The first kappa shape index (κ1) is 16.4. The van der Waals surface area contributed by atoms with E-state index in [1.165, 1.54) is 0 Å². The lowest BCUT2D eigenvalue weighted by Crippen LogP contribution is -2.47. The molecule has 0 aliphatic carbocycles. The lowest BCUT2D eigenvalue weighted by Gasteiger charge is -2.32. The van der Waals surface area contributed by atoms with Gasteiger partial charge < -0.3 is 15.5 Å². The monoisotopic (exact) mass is 310 g/mol. The molecule has 2 rings (SSSR count). The number of piperazine rings is 1. The largest absolute Gasteiger partial charge is 0.340 e. The Balaban J connectivity index is 1.75. The van der Waals surface area contributed by atoms with E-state index in [-0.39, 0.29) is 5.91 Å². The highest BCUT2D eigenvalue weighted by Crippen LogP contribution is 2.14. The second-order valence-electron chi connectivity index (χ2n) is 5.69. The zero-order valence-corrected chi connectivity index (χ0v) is 13.7. The van der Waals surface area contributed by atoms with Crippen molar-refractivity contribution in [1.82, 2.24) is 14.8 Å². The van der Waals surface area contributed by atoms with Crippen LogP contribution in [0.15, 0.2) is 5.38 Å². The van der Waals surface area contributed by atoms with E-state index in [0.717, 1.165) is 69.1 Å². The Bertz CT molecular complexity index is 441. The van der Waals surface area contributed by atoms with Crippen molar-refractivity contribution in [3.05, 3.63) is 16.1 Å². The first-order valence-corrected chi connectivity index (χ1v) is 8.66. The smallest absolute Gasteiger partial charge is 0.228 e. The summed E-state index contributed by atoms with van der Waals surface area (Å²) < 4.78 is 0. The maximum atomic E-state index is 12.2. The number of likely N-dealkylation sites (N-methyl/N-ethyl adjacent to an activating group) is 1. The van der Waals surface area contributed by atoms with E-state index in [0.29, 0.717) is 6.42 Å². The second kappa shape index (κ2) is 8.46. The molecule has 6 heteroatoms. The Morgan fingerprint density at radius 1 is 1.29 bits per heavy atom. The van der Waals surface area contributed by atoms with Gasteiger partial charge >= 0.3 is 0 Å². The fraction of sp³-hybridized carbons (Fsp3) is 0.733. The first-order chi connectivity index (χ1) is 10.2. The quantitative estimate of drug-likeness (QED) is 0.767. The van der Waals surface area contributed by atoms with Crippen molar-refractivity contribution in [3.63, 3.8) is 0 Å². The number of amides is 1. The van der Waals surface area contributed by atoms with Crippen LogP contribution in [0, 0.1) is 0 Å². The molecule has 1 aromatic rings. The van der Waals surface area contributed by atoms with Crippen LogP contribution in [-0.4, -0.2) is 60.5 Å². The molecule has 2 N–H and O–H groups in total. The highest BCUT2D eigenvalue weighted by Gasteiger charge is 2.19. The van der Waals surface area contributed by atoms with Crippen molar-refractivity contribution in [2.75, 3.05) is 39.8 Å². The number of carbonyl (C=O) groups is 1. The summed E-state index contributed by atoms with van der Waals surface area (Å²) in [5.74, 6) is 0.211. The van der Waals surface area contributed by atoms with Gasteiger partial charge in [-0.05, 0) is 32.9 Å². The summed E-state index contributed by atoms with van der Waals surface area (Å²) >= 11 is 1.68. The molecule has 1 aromatic heterocycles. The van der Waals surface area contributed by atoms with Gasteiger partial charge in [-0.2, -0.15) is 0 Å². The fourth-order valence-electron chi connectivity index (χ4n) is 2.46. The molecule has 0 atom stereocenters. The molecule has 2 heterocycles. The molecule has 0 saturated carbocycles. The third kappa shape index (κ3) is 5.37. The fourth-order valence-corrected chi connectivity index (χ4v) is 3.31. The first-order valence-electron chi connectivity index (χ1n) is 7.78. The van der Waals surface area contributed by atoms with E-state index >= 15 is 0 Å². The van der Waals surface area contributed by atoms with Crippen LogP contribution in [0.3, 0.4) is 0 Å². The molecule has 1 saturated heterocycles. The highest BCUT2D eigenvalue weighted by atomic mass is 32.1. The van der Waals surface area contributed by atoms with E-state index in [2.05, 4.69) is 16.9 Å². The van der Waals surface area contributed by atoms with E-state index in [4.69, 9.17) is 5.73 Å². The van der Waals surface area contributed by atoms with Crippen molar-refractivity contribution < 1.29 is 4.79 Å². The number of hydrogen-bond donors (Lipinski definition) is 1. The highest BCUT2D eigenvalue weighted by molar-refractivity contribution is 7.09. The lowest BCUT2D eigenvalue weighted by molar-refractivity contribution is -0.132. The van der Waals surface area contributed by atoms with Crippen LogP contribution in [-0.2, 0) is 17.6 Å². The Hall–Kier alpha value is -0.980. The van der Waals surface area contributed by atoms with Crippen LogP contribution < -0.4 is 5.73 Å². The normalized spacial score (nSPS) is 16.4. The Morgan fingerprint density at radius 3 is 2.76 bits per heavy atom. The number of hydrogen-bond acceptors (Lipinski definition) is 5. The van der Waals surface area contributed by atoms with Crippen molar-refractivity contribution in [3.8, 4) is 0 Å². The standard InChI is InChI=1S/C15H26N4OS/c1-18-7-9-19(10-8-18)15(20)11-13-12-21-14(17-13)5-3-2-4-6-16/h12H,2-11,16H2,1H3. The number of thiazole rings is 1. The minimum absolute atomic E-state index is 0.211. The van der Waals surface area contributed by atoms with Crippen LogP contribution in [0.5, 0.6) is 0 Å². The van der Waals surface area contributed by atoms with Crippen molar-refractivity contribution in [1.29, 1.82) is 0 Å². The molecule has 0 bridgehead atoms. The Labute approximate surface area is 131 Å². The van der Waals surface area contributed by atoms with Gasteiger partial charge in [0.15, 0.2) is 0 Å². The predicted octanol–water partition coefficient (Wildman–Crippen LogP) is 1.13. The number of nitrogens with two attached hydrogens (primary N) is 1. The molecule has 1 fully saturated rings. The minimum Gasteiger partial charge on any atom is -0.340 e. The van der Waals surface area contributed by atoms with E-state index in [1.807, 2.05) is 10.3 Å². The van der Waals surface area contributed by atoms with Gasteiger partial charge in [0.25, 0.3) is 0 Å². The molecular weight excluding hydrogens is 284 g/mol. The number of carbonyl (C=O) groups excluding carboxylic acids is 1. The Morgan fingerprint density at radius 2 is 2.05 bits per heavy atom. The summed E-state index contributed by atoms with van der Waals surface area (Å²) in [4.78, 5) is 21.0. The number of aromatic nitrogens is 1. The zero-order valence-electron chi connectivity index (χ0n) is 12.9. The van der Waals surface area contributed by atoms with E-state index in [9.17, 15) is 4.79 Å². The molecule has 1 aliphatic heterocycles. The summed E-state index contributed by atoms with van der Waals surface area (Å²) in [5.41, 5.74) is 6.42. The number of rotatable bonds is 7. The average Bonchev–Trinajstić information content (AvgIpc) is 2.92. The SMILES string of the molecule is CN1CCN(C(=O)Cc2csc(CCCCCN)n2)CC1. The number of aryl methyl sites for hydroxylation is 1. The minimum atomic E-state index is 0.211. The summed E-state index contributed by atoms with van der Waals surface area (Å²) in [6.45, 7) is 4.38. The third-order valence-electron chi connectivity index (χ3n) is 3.88. The van der Waals surface area contributed by atoms with Crippen LogP contribution in [0.25, 0.3) is 0 Å². The van der Waals surface area contributed by atoms with Gasteiger partial charge in [-0.3, -0.25) is 4.79 Å². The summed E-state index contributed by atoms with van der Waals surface area (Å²) in [7, 11) is 2.10. The lowest BCUT2D eigenvalue weighted by atomic mass is 10.2. The average molecular weight is 310 g/mol. The van der Waals surface area contributed by atoms with Crippen molar-refractivity contribution >= 4 is 17.2 Å². The van der Waals surface area contributed by atoms with Gasteiger partial charge in [0.1, 0.15) is 0 Å². The zero-order chi connectivity index (χ0) is 15.1. The van der Waals surface area contributed by atoms with E-state index < -0.39 is 0 Å².